The van der Waals surface area contributed by atoms with Gasteiger partial charge in [0.05, 0.1) is 5.41 Å². The number of aliphatic carboxylic acids is 1. The molecular formula is C10H10BrNaO2. The third-order valence-corrected chi connectivity index (χ3v) is 3.08. The van der Waals surface area contributed by atoms with Gasteiger partial charge in [0.2, 0.25) is 0 Å². The van der Waals surface area contributed by atoms with Crippen molar-refractivity contribution in [1.29, 1.82) is 0 Å². The minimum Gasteiger partial charge on any atom is -1.00 e. The Morgan fingerprint density at radius 2 is 1.86 bits per heavy atom. The first-order valence-corrected chi connectivity index (χ1v) is 4.94. The van der Waals surface area contributed by atoms with Crippen LogP contribution in [0.3, 0.4) is 0 Å². The fourth-order valence-electron chi connectivity index (χ4n) is 1.52. The number of carbonyl (C=O) groups is 1. The van der Waals surface area contributed by atoms with E-state index in [1.54, 1.807) is 0 Å². The van der Waals surface area contributed by atoms with Gasteiger partial charge in [0.15, 0.2) is 0 Å². The van der Waals surface area contributed by atoms with E-state index in [2.05, 4.69) is 15.9 Å². The number of carboxylic acids is 1. The average Bonchev–Trinajstić information content (AvgIpc) is 2.86. The van der Waals surface area contributed by atoms with E-state index in [-0.39, 0.29) is 31.0 Å². The van der Waals surface area contributed by atoms with Crippen molar-refractivity contribution in [2.24, 2.45) is 0 Å². The molecule has 2 nitrogen and oxygen atoms in total. The van der Waals surface area contributed by atoms with Gasteiger partial charge in [0, 0.05) is 4.47 Å². The number of halogens is 1. The van der Waals surface area contributed by atoms with Crippen LogP contribution in [-0.4, -0.2) is 11.1 Å². The number of benzene rings is 1. The Kier molecular flexibility index (Phi) is 3.81. The number of hydrogen-bond acceptors (Lipinski definition) is 1. The van der Waals surface area contributed by atoms with Crippen LogP contribution in [0.5, 0.6) is 0 Å². The van der Waals surface area contributed by atoms with E-state index in [4.69, 9.17) is 5.11 Å². The van der Waals surface area contributed by atoms with Gasteiger partial charge in [-0.05, 0) is 30.5 Å². The maximum absolute atomic E-state index is 11.0. The summed E-state index contributed by atoms with van der Waals surface area (Å²) in [6.07, 6.45) is 1.54. The van der Waals surface area contributed by atoms with Gasteiger partial charge < -0.3 is 6.53 Å². The zero-order valence-corrected chi connectivity index (χ0v) is 11.5. The van der Waals surface area contributed by atoms with Crippen molar-refractivity contribution >= 4 is 21.9 Å². The predicted octanol–water partition coefficient (Wildman–Crippen LogP) is -0.318. The Hall–Kier alpha value is 0.170. The Bertz CT molecular complexity index is 349. The van der Waals surface area contributed by atoms with E-state index in [0.29, 0.717) is 0 Å². The largest absolute Gasteiger partial charge is 1.00 e. The van der Waals surface area contributed by atoms with Crippen LogP contribution in [0.2, 0.25) is 0 Å². The summed E-state index contributed by atoms with van der Waals surface area (Å²) in [4.78, 5) is 11.0. The van der Waals surface area contributed by atoms with Crippen molar-refractivity contribution in [1.82, 2.24) is 0 Å². The van der Waals surface area contributed by atoms with Crippen LogP contribution in [-0.2, 0) is 10.2 Å². The standard InChI is InChI=1S/C10H9BrO2.Na.H/c11-8-3-1-7(2-4-8)10(5-6-10)9(12)13;;/h1-4H,5-6H2,(H,12,13);;/q;+1;-1. The Labute approximate surface area is 115 Å². The fourth-order valence-corrected chi connectivity index (χ4v) is 1.78. The van der Waals surface area contributed by atoms with Crippen molar-refractivity contribution in [2.45, 2.75) is 18.3 Å². The second-order valence-corrected chi connectivity index (χ2v) is 4.31. The van der Waals surface area contributed by atoms with E-state index in [1.165, 1.54) is 0 Å². The van der Waals surface area contributed by atoms with E-state index >= 15 is 0 Å². The second-order valence-electron chi connectivity index (χ2n) is 3.39. The van der Waals surface area contributed by atoms with Crippen molar-refractivity contribution in [3.8, 4) is 0 Å². The SMILES string of the molecule is O=C(O)C1(c2ccc(Br)cc2)CC1.[H-].[Na+]. The van der Waals surface area contributed by atoms with Gasteiger partial charge in [-0.25, -0.2) is 0 Å². The molecule has 0 atom stereocenters. The van der Waals surface area contributed by atoms with Crippen molar-refractivity contribution in [3.63, 3.8) is 0 Å². The van der Waals surface area contributed by atoms with Gasteiger partial charge in [0.25, 0.3) is 0 Å². The molecule has 1 saturated carbocycles. The van der Waals surface area contributed by atoms with Crippen LogP contribution < -0.4 is 29.6 Å². The third kappa shape index (κ3) is 2.06. The Balaban J connectivity index is 0.000000980. The van der Waals surface area contributed by atoms with Crippen LogP contribution in [0.15, 0.2) is 28.7 Å². The summed E-state index contributed by atoms with van der Waals surface area (Å²) in [5.41, 5.74) is 0.351. The van der Waals surface area contributed by atoms with Gasteiger partial charge in [-0.15, -0.1) is 0 Å². The molecule has 1 aliphatic rings. The average molecular weight is 265 g/mol. The molecule has 0 unspecified atom stereocenters. The summed E-state index contributed by atoms with van der Waals surface area (Å²) >= 11 is 3.32. The summed E-state index contributed by atoms with van der Waals surface area (Å²) in [6.45, 7) is 0. The van der Waals surface area contributed by atoms with Gasteiger partial charge in [-0.2, -0.15) is 0 Å². The molecule has 1 aromatic carbocycles. The summed E-state index contributed by atoms with van der Waals surface area (Å²) in [7, 11) is 0. The molecule has 14 heavy (non-hydrogen) atoms. The van der Waals surface area contributed by atoms with Crippen LogP contribution in [0.25, 0.3) is 0 Å². The molecule has 0 aromatic heterocycles. The van der Waals surface area contributed by atoms with E-state index in [1.807, 2.05) is 24.3 Å². The molecule has 4 heteroatoms. The maximum Gasteiger partial charge on any atom is 1.00 e. The third-order valence-electron chi connectivity index (χ3n) is 2.56. The predicted molar refractivity (Wildman–Crippen MR) is 53.8 cm³/mol. The topological polar surface area (TPSA) is 37.3 Å². The van der Waals surface area contributed by atoms with Crippen molar-refractivity contribution < 1.29 is 40.9 Å². The Morgan fingerprint density at radius 1 is 1.36 bits per heavy atom. The molecule has 0 aliphatic heterocycles. The van der Waals surface area contributed by atoms with Gasteiger partial charge >= 0.3 is 35.5 Å². The molecule has 2 rings (SSSR count). The maximum atomic E-state index is 11.0. The van der Waals surface area contributed by atoms with E-state index in [9.17, 15) is 4.79 Å². The monoisotopic (exact) mass is 264 g/mol. The second kappa shape index (κ2) is 4.35. The molecule has 0 radical (unpaired) electrons. The molecule has 0 bridgehead atoms. The molecule has 1 fully saturated rings. The first-order chi connectivity index (χ1) is 6.15. The summed E-state index contributed by atoms with van der Waals surface area (Å²) < 4.78 is 0.984. The molecule has 70 valence electrons. The first kappa shape index (κ1) is 12.2. The van der Waals surface area contributed by atoms with Crippen LogP contribution in [0.4, 0.5) is 0 Å². The van der Waals surface area contributed by atoms with Crippen molar-refractivity contribution in [3.05, 3.63) is 34.3 Å². The molecule has 0 heterocycles. The number of hydrogen-bond donors (Lipinski definition) is 1. The zero-order chi connectivity index (χ0) is 9.47. The number of carboxylic acid groups (broad SMARTS) is 1. The van der Waals surface area contributed by atoms with Crippen LogP contribution in [0, 0.1) is 0 Å². The normalized spacial score (nSPS) is 16.9. The van der Waals surface area contributed by atoms with Gasteiger partial charge in [-0.3, -0.25) is 4.79 Å². The Morgan fingerprint density at radius 3 is 2.21 bits per heavy atom. The molecule has 0 saturated heterocycles. The summed E-state index contributed by atoms with van der Waals surface area (Å²) in [5.74, 6) is -0.699. The zero-order valence-electron chi connectivity index (χ0n) is 8.96. The molecule has 1 N–H and O–H groups in total. The first-order valence-electron chi connectivity index (χ1n) is 4.15. The number of rotatable bonds is 2. The quantitative estimate of drug-likeness (QED) is 0.744. The van der Waals surface area contributed by atoms with Crippen molar-refractivity contribution in [2.75, 3.05) is 0 Å². The van der Waals surface area contributed by atoms with E-state index < -0.39 is 11.4 Å². The fraction of sp³-hybridized carbons (Fsp3) is 0.300. The summed E-state index contributed by atoms with van der Waals surface area (Å²) in [6, 6.07) is 7.53. The van der Waals surface area contributed by atoms with Gasteiger partial charge in [0.1, 0.15) is 0 Å². The molecule has 1 aliphatic carbocycles. The molecule has 0 spiro atoms. The molecule has 0 amide bonds. The minimum atomic E-state index is -0.699. The van der Waals surface area contributed by atoms with Gasteiger partial charge in [-0.1, -0.05) is 28.1 Å². The smallest absolute Gasteiger partial charge is 1.00 e. The summed E-state index contributed by atoms with van der Waals surface area (Å²) in [5, 5.41) is 9.01. The molecule has 1 aromatic rings. The minimum absolute atomic E-state index is 0. The van der Waals surface area contributed by atoms with E-state index in [0.717, 1.165) is 22.9 Å². The molecular weight excluding hydrogens is 255 g/mol. The van der Waals surface area contributed by atoms with Crippen LogP contribution in [0.1, 0.15) is 19.8 Å². The van der Waals surface area contributed by atoms with Crippen LogP contribution >= 0.6 is 15.9 Å².